The van der Waals surface area contributed by atoms with Crippen molar-refractivity contribution in [2.45, 2.75) is 62.0 Å². The summed E-state index contributed by atoms with van der Waals surface area (Å²) < 4.78 is 99.6. The van der Waals surface area contributed by atoms with Crippen LogP contribution in [-0.4, -0.2) is 30.1 Å². The number of rotatable bonds is 7. The second-order valence-corrected chi connectivity index (χ2v) is 13.1. The summed E-state index contributed by atoms with van der Waals surface area (Å²) in [5, 5.41) is -1.94. The molecule has 0 saturated heterocycles. The predicted octanol–water partition coefficient (Wildman–Crippen LogP) is 7.25. The summed E-state index contributed by atoms with van der Waals surface area (Å²) >= 11 is 0. The molecule has 3 aromatic carbocycles. The van der Waals surface area contributed by atoms with Gasteiger partial charge in [-0.3, -0.25) is 4.55 Å². The van der Waals surface area contributed by atoms with Crippen LogP contribution in [-0.2, 0) is 10.1 Å². The molecule has 0 amide bonds. The Bertz CT molecular complexity index is 1250. The summed E-state index contributed by atoms with van der Waals surface area (Å²) in [6, 6.07) is 31.5. The molecule has 1 aliphatic carbocycles. The summed E-state index contributed by atoms with van der Waals surface area (Å²) in [5.41, 5.74) is 1.54. The van der Waals surface area contributed by atoms with Crippen LogP contribution in [0.4, 0.5) is 26.3 Å². The van der Waals surface area contributed by atoms with Crippen molar-refractivity contribution >= 4 is 34.0 Å². The van der Waals surface area contributed by atoms with E-state index in [1.54, 1.807) is 5.56 Å². The molecule has 1 saturated carbocycles. The van der Waals surface area contributed by atoms with E-state index in [9.17, 15) is 34.8 Å². The van der Waals surface area contributed by atoms with Crippen molar-refractivity contribution in [1.82, 2.24) is 0 Å². The summed E-state index contributed by atoms with van der Waals surface area (Å²) in [6.07, 6.45) is 6.94. The second kappa shape index (κ2) is 12.4. The van der Waals surface area contributed by atoms with Gasteiger partial charge in [0.25, 0.3) is 0 Å². The largest absolute Gasteiger partial charge is 0.437 e. The molecule has 0 aromatic heterocycles. The number of benzene rings is 3. The maximum absolute atomic E-state index is 12.2. The molecule has 0 atom stereocenters. The standard InChI is InChI=1S/C24H25P.C4H4F6O3S/c1-4-10-20(11-5-1)21-16-18-24(19-17-21)25(22-12-6-2-7-13-22)23-14-8-3-9-15-23;1-2(5,6)3(7,8)4(9,10)14(11,12)13/h2-3,6-9,12-20H,1,4-5,10-11H2;1H3,(H,11,12,13). The van der Waals surface area contributed by atoms with Crippen molar-refractivity contribution < 1.29 is 39.3 Å². The zero-order chi connectivity index (χ0) is 28.9. The van der Waals surface area contributed by atoms with E-state index in [1.165, 1.54) is 48.0 Å². The maximum atomic E-state index is 12.2. The minimum absolute atomic E-state index is 0.476. The van der Waals surface area contributed by atoms with E-state index in [1.807, 2.05) is 0 Å². The molecular formula is C28H29F6O3PS. The van der Waals surface area contributed by atoms with Crippen LogP contribution < -0.4 is 15.9 Å². The molecular weight excluding hydrogens is 561 g/mol. The zero-order valence-corrected chi connectivity index (χ0v) is 22.8. The van der Waals surface area contributed by atoms with Gasteiger partial charge in [0.05, 0.1) is 0 Å². The molecule has 0 radical (unpaired) electrons. The first kappa shape index (κ1) is 31.1. The van der Waals surface area contributed by atoms with Gasteiger partial charge in [-0.2, -0.15) is 34.8 Å². The van der Waals surface area contributed by atoms with Crippen LogP contribution in [0.2, 0.25) is 0 Å². The van der Waals surface area contributed by atoms with Crippen LogP contribution in [0.15, 0.2) is 84.9 Å². The van der Waals surface area contributed by atoms with Crippen LogP contribution in [0.25, 0.3) is 0 Å². The van der Waals surface area contributed by atoms with E-state index < -0.39 is 42.1 Å². The Morgan fingerprint density at radius 1 is 0.692 bits per heavy atom. The third-order valence-corrected chi connectivity index (χ3v) is 9.85. The molecule has 0 unspecified atom stereocenters. The fourth-order valence-corrected chi connectivity index (χ4v) is 7.14. The molecule has 3 nitrogen and oxygen atoms in total. The normalized spacial score (nSPS) is 15.5. The van der Waals surface area contributed by atoms with Gasteiger partial charge in [0.2, 0.25) is 0 Å². The molecule has 1 fully saturated rings. The Hall–Kier alpha value is -2.42. The highest BCUT2D eigenvalue weighted by Crippen LogP contribution is 2.47. The fraction of sp³-hybridized carbons (Fsp3) is 0.357. The summed E-state index contributed by atoms with van der Waals surface area (Å²) in [6.45, 7) is -0.591. The Kier molecular flexibility index (Phi) is 9.89. The molecule has 0 bridgehead atoms. The van der Waals surface area contributed by atoms with Crippen molar-refractivity contribution in [3.8, 4) is 0 Å². The van der Waals surface area contributed by atoms with Crippen molar-refractivity contribution in [2.24, 2.45) is 0 Å². The Balaban J connectivity index is 0.000000258. The molecule has 0 spiro atoms. The van der Waals surface area contributed by atoms with E-state index in [-0.39, 0.29) is 0 Å². The lowest BCUT2D eigenvalue weighted by molar-refractivity contribution is -0.273. The molecule has 0 heterocycles. The van der Waals surface area contributed by atoms with E-state index >= 15 is 0 Å². The Morgan fingerprint density at radius 2 is 1.10 bits per heavy atom. The average molecular weight is 591 g/mol. The topological polar surface area (TPSA) is 54.4 Å². The van der Waals surface area contributed by atoms with Gasteiger partial charge in [-0.15, -0.1) is 0 Å². The molecule has 3 aromatic rings. The van der Waals surface area contributed by atoms with Gasteiger partial charge < -0.3 is 0 Å². The summed E-state index contributed by atoms with van der Waals surface area (Å²) in [5.74, 6) is -10.7. The van der Waals surface area contributed by atoms with Crippen LogP contribution in [0.3, 0.4) is 0 Å². The first-order valence-electron chi connectivity index (χ1n) is 12.3. The lowest BCUT2D eigenvalue weighted by Gasteiger charge is -2.28. The quantitative estimate of drug-likeness (QED) is 0.179. The van der Waals surface area contributed by atoms with Crippen molar-refractivity contribution in [2.75, 3.05) is 0 Å². The highest BCUT2D eigenvalue weighted by Gasteiger charge is 2.75. The first-order chi connectivity index (χ1) is 18.2. The van der Waals surface area contributed by atoms with Gasteiger partial charge >= 0.3 is 27.2 Å². The van der Waals surface area contributed by atoms with Crippen molar-refractivity contribution in [3.05, 3.63) is 90.5 Å². The van der Waals surface area contributed by atoms with Gasteiger partial charge in [-0.25, -0.2) is 0 Å². The number of alkyl halides is 6. The summed E-state index contributed by atoms with van der Waals surface area (Å²) in [4.78, 5) is 0. The molecule has 11 heteroatoms. The van der Waals surface area contributed by atoms with Gasteiger partial charge in [0.15, 0.2) is 0 Å². The monoisotopic (exact) mass is 590 g/mol. The molecule has 212 valence electrons. The summed E-state index contributed by atoms with van der Waals surface area (Å²) in [7, 11) is -7.08. The van der Waals surface area contributed by atoms with Gasteiger partial charge in [-0.1, -0.05) is 104 Å². The van der Waals surface area contributed by atoms with Crippen molar-refractivity contribution in [3.63, 3.8) is 0 Å². The van der Waals surface area contributed by atoms with E-state index in [0.29, 0.717) is 0 Å². The zero-order valence-electron chi connectivity index (χ0n) is 21.1. The average Bonchev–Trinajstić information content (AvgIpc) is 2.90. The molecule has 39 heavy (non-hydrogen) atoms. The third kappa shape index (κ3) is 7.21. The fourth-order valence-electron chi connectivity index (χ4n) is 4.35. The Labute approximate surface area is 225 Å². The molecule has 1 N–H and O–H groups in total. The number of hydrogen-bond donors (Lipinski definition) is 1. The van der Waals surface area contributed by atoms with Crippen molar-refractivity contribution in [1.29, 1.82) is 0 Å². The minimum Gasteiger partial charge on any atom is -0.281 e. The lowest BCUT2D eigenvalue weighted by Crippen LogP contribution is -2.56. The van der Waals surface area contributed by atoms with E-state index in [0.717, 1.165) is 5.92 Å². The van der Waals surface area contributed by atoms with Crippen LogP contribution >= 0.6 is 7.92 Å². The molecule has 0 aliphatic heterocycles. The lowest BCUT2D eigenvalue weighted by atomic mass is 9.84. The van der Waals surface area contributed by atoms with Crippen LogP contribution in [0.1, 0.15) is 50.5 Å². The number of halogens is 6. The number of hydrogen-bond acceptors (Lipinski definition) is 2. The Morgan fingerprint density at radius 3 is 1.46 bits per heavy atom. The maximum Gasteiger partial charge on any atom is 0.437 e. The molecule has 4 rings (SSSR count). The van der Waals surface area contributed by atoms with Crippen LogP contribution in [0.5, 0.6) is 0 Å². The van der Waals surface area contributed by atoms with E-state index in [2.05, 4.69) is 84.9 Å². The highest BCUT2D eigenvalue weighted by atomic mass is 32.2. The third-order valence-electron chi connectivity index (χ3n) is 6.50. The SMILES string of the molecule is CC(F)(F)C(F)(F)C(F)(F)S(=O)(=O)O.c1ccc(P(c2ccccc2)c2ccc(C3CCCCC3)cc2)cc1. The highest BCUT2D eigenvalue weighted by molar-refractivity contribution is 7.87. The van der Waals surface area contributed by atoms with Crippen LogP contribution in [0, 0.1) is 0 Å². The predicted molar refractivity (Wildman–Crippen MR) is 143 cm³/mol. The first-order valence-corrected chi connectivity index (χ1v) is 15.1. The second-order valence-electron chi connectivity index (χ2n) is 9.39. The van der Waals surface area contributed by atoms with Gasteiger partial charge in [0.1, 0.15) is 0 Å². The minimum atomic E-state index is -6.61. The van der Waals surface area contributed by atoms with Gasteiger partial charge in [-0.05, 0) is 48.2 Å². The smallest absolute Gasteiger partial charge is 0.281 e. The molecule has 1 aliphatic rings. The van der Waals surface area contributed by atoms with Gasteiger partial charge in [0, 0.05) is 6.92 Å². The van der Waals surface area contributed by atoms with E-state index in [4.69, 9.17) is 4.55 Å².